The number of likely N-dealkylation sites (tertiary alicyclic amines) is 1. The second kappa shape index (κ2) is 10.1. The molecule has 0 amide bonds. The number of hydrogen-bond acceptors (Lipinski definition) is 4. The fourth-order valence-electron chi connectivity index (χ4n) is 4.14. The van der Waals surface area contributed by atoms with Crippen LogP contribution in [0.3, 0.4) is 0 Å². The molecule has 1 aromatic heterocycles. The van der Waals surface area contributed by atoms with Gasteiger partial charge >= 0.3 is 0 Å². The largest absolute Gasteiger partial charge is 0.592 e. The molecule has 1 aromatic carbocycles. The van der Waals surface area contributed by atoms with E-state index in [1.54, 1.807) is 12.5 Å². The van der Waals surface area contributed by atoms with E-state index in [1.165, 1.54) is 35.1 Å². The maximum absolute atomic E-state index is 11.4. The molecular weight excluding hydrogens is 378 g/mol. The minimum absolute atomic E-state index is 0.647. The van der Waals surface area contributed by atoms with Gasteiger partial charge in [0.15, 0.2) is 0 Å². The molecule has 0 saturated carbocycles. The molecule has 0 N–H and O–H groups in total. The average Bonchev–Trinajstić information content (AvgIpc) is 2.71. The van der Waals surface area contributed by atoms with Crippen LogP contribution in [-0.4, -0.2) is 40.0 Å². The Kier molecular flexibility index (Phi) is 7.51. The number of aromatic nitrogens is 1. The zero-order valence-electron chi connectivity index (χ0n) is 17.7. The predicted molar refractivity (Wildman–Crippen MR) is 123 cm³/mol. The van der Waals surface area contributed by atoms with Crippen LogP contribution in [0.25, 0.3) is 5.70 Å². The molecule has 0 spiro atoms. The zero-order valence-corrected chi connectivity index (χ0v) is 18.5. The normalized spacial score (nSPS) is 18.2. The fourth-order valence-corrected chi connectivity index (χ4v) is 4.40. The molecule has 4 nitrogen and oxygen atoms in total. The van der Waals surface area contributed by atoms with Crippen molar-refractivity contribution in [3.63, 3.8) is 0 Å². The predicted octanol–water partition coefficient (Wildman–Crippen LogP) is 4.73. The Labute approximate surface area is 178 Å². The van der Waals surface area contributed by atoms with Crippen LogP contribution in [0.5, 0.6) is 0 Å². The van der Waals surface area contributed by atoms with Crippen LogP contribution in [-0.2, 0) is 17.8 Å². The topological polar surface area (TPSA) is 51.5 Å². The third-order valence-electron chi connectivity index (χ3n) is 5.80. The molecule has 154 valence electrons. The van der Waals surface area contributed by atoms with Gasteiger partial charge in [0.1, 0.15) is 6.26 Å². The molecule has 0 bridgehead atoms. The van der Waals surface area contributed by atoms with Gasteiger partial charge in [-0.15, -0.1) is 0 Å². The van der Waals surface area contributed by atoms with E-state index >= 15 is 0 Å². The van der Waals surface area contributed by atoms with Crippen LogP contribution in [0.1, 0.15) is 47.1 Å². The summed E-state index contributed by atoms with van der Waals surface area (Å²) in [6.07, 6.45) is 11.7. The molecule has 5 heteroatoms. The highest BCUT2D eigenvalue weighted by molar-refractivity contribution is 7.89. The summed E-state index contributed by atoms with van der Waals surface area (Å²) in [5, 5.41) is 0. The third-order valence-corrected chi connectivity index (χ3v) is 6.20. The zero-order chi connectivity index (χ0) is 20.8. The van der Waals surface area contributed by atoms with Crippen molar-refractivity contribution in [1.82, 2.24) is 9.88 Å². The van der Waals surface area contributed by atoms with E-state index in [0.29, 0.717) is 5.92 Å². The van der Waals surface area contributed by atoms with E-state index in [4.69, 9.17) is 0 Å². The second-order valence-electron chi connectivity index (χ2n) is 7.94. The van der Waals surface area contributed by atoms with E-state index in [9.17, 15) is 4.55 Å². The molecule has 0 radical (unpaired) electrons. The highest BCUT2D eigenvalue weighted by atomic mass is 32.2. The van der Waals surface area contributed by atoms with E-state index in [-0.39, 0.29) is 0 Å². The van der Waals surface area contributed by atoms with Gasteiger partial charge in [0.25, 0.3) is 0 Å². The van der Waals surface area contributed by atoms with Crippen molar-refractivity contribution in [3.05, 3.63) is 71.1 Å². The van der Waals surface area contributed by atoms with Crippen LogP contribution in [0, 0.1) is 19.8 Å². The van der Waals surface area contributed by atoms with Crippen molar-refractivity contribution in [2.75, 3.05) is 19.3 Å². The Hall–Kier alpha value is -2.11. The minimum atomic E-state index is -1.17. The molecule has 2 aromatic rings. The van der Waals surface area contributed by atoms with Crippen molar-refractivity contribution in [3.8, 4) is 0 Å². The Morgan fingerprint density at radius 3 is 2.93 bits per heavy atom. The Balaban J connectivity index is 1.65. The maximum Gasteiger partial charge on any atom is 0.123 e. The summed E-state index contributed by atoms with van der Waals surface area (Å²) < 4.78 is 15.5. The van der Waals surface area contributed by atoms with Crippen LogP contribution >= 0.6 is 0 Å². The van der Waals surface area contributed by atoms with Crippen molar-refractivity contribution in [2.45, 2.75) is 39.5 Å². The van der Waals surface area contributed by atoms with Gasteiger partial charge in [-0.05, 0) is 68.2 Å². The van der Waals surface area contributed by atoms with E-state index in [2.05, 4.69) is 59.0 Å². The molecule has 0 aliphatic carbocycles. The molecule has 1 fully saturated rings. The maximum atomic E-state index is 11.4. The lowest BCUT2D eigenvalue weighted by Crippen LogP contribution is -2.34. The van der Waals surface area contributed by atoms with Gasteiger partial charge in [-0.3, -0.25) is 4.98 Å². The lowest BCUT2D eigenvalue weighted by molar-refractivity contribution is 0.237. The van der Waals surface area contributed by atoms with Crippen LogP contribution < -0.4 is 0 Å². The molecule has 1 aliphatic rings. The van der Waals surface area contributed by atoms with Gasteiger partial charge in [-0.2, -0.15) is 0 Å². The summed E-state index contributed by atoms with van der Waals surface area (Å²) in [7, 11) is 0. The van der Waals surface area contributed by atoms with Gasteiger partial charge in [-0.25, -0.2) is 0 Å². The summed E-state index contributed by atoms with van der Waals surface area (Å²) in [5.74, 6) is 0.647. The molecular formula is C24H31N3OS. The van der Waals surface area contributed by atoms with Crippen molar-refractivity contribution in [2.24, 2.45) is 10.3 Å². The van der Waals surface area contributed by atoms with Gasteiger partial charge < -0.3 is 9.45 Å². The first-order chi connectivity index (χ1) is 14.0. The summed E-state index contributed by atoms with van der Waals surface area (Å²) in [6, 6.07) is 8.43. The van der Waals surface area contributed by atoms with E-state index in [1.807, 2.05) is 12.4 Å². The monoisotopic (exact) mass is 409 g/mol. The number of hydrogen-bond donors (Lipinski definition) is 0. The van der Waals surface area contributed by atoms with E-state index in [0.717, 1.165) is 37.2 Å². The third kappa shape index (κ3) is 5.71. The summed E-state index contributed by atoms with van der Waals surface area (Å²) in [4.78, 5) is 6.64. The Morgan fingerprint density at radius 1 is 1.34 bits per heavy atom. The van der Waals surface area contributed by atoms with Crippen molar-refractivity contribution in [1.29, 1.82) is 0 Å². The first-order valence-electron chi connectivity index (χ1n) is 10.3. The number of pyridine rings is 1. The molecule has 3 rings (SSSR count). The Bertz CT molecular complexity index is 878. The standard InChI is InChI=1S/C24H31N3OS/c1-18-7-5-9-22(24(18)16-26-29(4)28)11-10-21-8-6-14-27(17-21)20(3)23-12-13-25-15-19(23)2/h5,7,9,12-13,15-16,21H,3,6,8,10-11,14,17H2,1-2,4H3/t21-,29?/m1/s1. The van der Waals surface area contributed by atoms with Gasteiger partial charge in [-0.1, -0.05) is 29.2 Å². The highest BCUT2D eigenvalue weighted by Crippen LogP contribution is 2.29. The first-order valence-corrected chi connectivity index (χ1v) is 11.8. The molecule has 1 aliphatic heterocycles. The summed E-state index contributed by atoms with van der Waals surface area (Å²) in [5.41, 5.74) is 7.08. The quantitative estimate of drug-likeness (QED) is 0.491. The number of benzene rings is 1. The first kappa shape index (κ1) is 21.6. The smallest absolute Gasteiger partial charge is 0.123 e. The van der Waals surface area contributed by atoms with Crippen molar-refractivity contribution < 1.29 is 4.55 Å². The summed E-state index contributed by atoms with van der Waals surface area (Å²) >= 11 is -1.17. The van der Waals surface area contributed by atoms with Gasteiger partial charge in [0.2, 0.25) is 0 Å². The molecule has 1 saturated heterocycles. The molecule has 29 heavy (non-hydrogen) atoms. The second-order valence-corrected chi connectivity index (χ2v) is 8.99. The van der Waals surface area contributed by atoms with E-state index < -0.39 is 11.4 Å². The number of nitrogens with zero attached hydrogens (tertiary/aromatic N) is 3. The van der Waals surface area contributed by atoms with Gasteiger partial charge in [0, 0.05) is 42.3 Å². The van der Waals surface area contributed by atoms with Gasteiger partial charge in [0.05, 0.1) is 17.6 Å². The molecule has 2 atom stereocenters. The lowest BCUT2D eigenvalue weighted by Gasteiger charge is -2.36. The number of aryl methyl sites for hydroxylation is 3. The summed E-state index contributed by atoms with van der Waals surface area (Å²) in [6.45, 7) is 10.7. The number of rotatable bonds is 7. The minimum Gasteiger partial charge on any atom is -0.592 e. The van der Waals surface area contributed by atoms with Crippen LogP contribution in [0.15, 0.2) is 47.6 Å². The average molecular weight is 410 g/mol. The van der Waals surface area contributed by atoms with Crippen LogP contribution in [0.4, 0.5) is 0 Å². The van der Waals surface area contributed by atoms with Crippen molar-refractivity contribution >= 4 is 23.3 Å². The molecule has 2 heterocycles. The highest BCUT2D eigenvalue weighted by Gasteiger charge is 2.22. The molecule has 1 unspecified atom stereocenters. The fraction of sp³-hybridized carbons (Fsp3) is 0.417. The number of piperidine rings is 1. The Morgan fingerprint density at radius 2 is 2.17 bits per heavy atom. The lowest BCUT2D eigenvalue weighted by atomic mass is 9.89. The SMILES string of the molecule is C=C(c1ccncc1C)N1CCC[C@H](CCc2cccc(C)c2C=N[S+](C)[O-])C1. The van der Waals surface area contributed by atoms with Crippen LogP contribution in [0.2, 0.25) is 0 Å².